The maximum atomic E-state index is 12.0. The van der Waals surface area contributed by atoms with E-state index >= 15 is 0 Å². The van der Waals surface area contributed by atoms with Crippen molar-refractivity contribution in [3.63, 3.8) is 0 Å². The molecule has 0 radical (unpaired) electrons. The first kappa shape index (κ1) is 19.5. The number of benzene rings is 2. The van der Waals surface area contributed by atoms with Crippen LogP contribution in [0.2, 0.25) is 0 Å². The predicted octanol–water partition coefficient (Wildman–Crippen LogP) is 5.68. The van der Waals surface area contributed by atoms with Gasteiger partial charge in [-0.25, -0.2) is 9.78 Å². The summed E-state index contributed by atoms with van der Waals surface area (Å²) in [5.74, 6) is -1.01. The highest BCUT2D eigenvalue weighted by Crippen LogP contribution is 2.36. The molecule has 0 saturated heterocycles. The number of carboxylic acids is 1. The van der Waals surface area contributed by atoms with E-state index in [-0.39, 0.29) is 5.88 Å². The second kappa shape index (κ2) is 8.71. The van der Waals surface area contributed by atoms with Crippen molar-refractivity contribution < 1.29 is 14.6 Å². The van der Waals surface area contributed by atoms with E-state index in [2.05, 4.69) is 4.98 Å². The first-order chi connectivity index (χ1) is 14.7. The number of aliphatic carboxylic acids is 1. The lowest BCUT2D eigenvalue weighted by Crippen LogP contribution is -2.19. The summed E-state index contributed by atoms with van der Waals surface area (Å²) in [6.45, 7) is 0. The molecule has 2 aromatic carbocycles. The number of rotatable bonds is 7. The Kier molecular flexibility index (Phi) is 5.68. The molecule has 1 unspecified atom stereocenters. The maximum Gasteiger partial charge on any atom is 0.349 e. The normalized spacial score (nSPS) is 11.6. The molecule has 5 nitrogen and oxygen atoms in total. The van der Waals surface area contributed by atoms with Gasteiger partial charge in [-0.1, -0.05) is 66.7 Å². The number of carbonyl (C=O) groups is 1. The summed E-state index contributed by atoms with van der Waals surface area (Å²) in [4.78, 5) is 17.5. The van der Waals surface area contributed by atoms with Crippen LogP contribution in [0.4, 0.5) is 0 Å². The van der Waals surface area contributed by atoms with Crippen LogP contribution in [0.5, 0.6) is 5.88 Å². The van der Waals surface area contributed by atoms with E-state index < -0.39 is 12.1 Å². The van der Waals surface area contributed by atoms with E-state index in [0.29, 0.717) is 16.8 Å². The van der Waals surface area contributed by atoms with Crippen molar-refractivity contribution in [2.75, 3.05) is 0 Å². The summed E-state index contributed by atoms with van der Waals surface area (Å²) in [5.41, 5.74) is 3.26. The number of thiophene rings is 1. The van der Waals surface area contributed by atoms with Gasteiger partial charge in [-0.2, -0.15) is 0 Å². The van der Waals surface area contributed by atoms with Crippen LogP contribution in [0.15, 0.2) is 84.2 Å². The molecule has 148 valence electrons. The minimum atomic E-state index is -1.24. The lowest BCUT2D eigenvalue weighted by Gasteiger charge is -2.19. The summed E-state index contributed by atoms with van der Waals surface area (Å²) in [6, 6.07) is 24.1. The van der Waals surface area contributed by atoms with E-state index in [1.165, 1.54) is 11.3 Å². The molecule has 1 atom stereocenters. The van der Waals surface area contributed by atoms with Crippen molar-refractivity contribution >= 4 is 23.5 Å². The Hall–Kier alpha value is -3.77. The Morgan fingerprint density at radius 3 is 2.33 bits per heavy atom. The second-order valence-electron chi connectivity index (χ2n) is 6.51. The molecule has 2 N–H and O–H groups in total. The molecular formula is C24H18N2O3S. The molecular weight excluding hydrogens is 396 g/mol. The molecule has 0 spiro atoms. The number of nitrogens with one attached hydrogen (secondary N) is 1. The van der Waals surface area contributed by atoms with Gasteiger partial charge in [-0.3, -0.25) is 0 Å². The van der Waals surface area contributed by atoms with Gasteiger partial charge in [0, 0.05) is 11.8 Å². The molecule has 0 bridgehead atoms. The van der Waals surface area contributed by atoms with E-state index in [4.69, 9.17) is 10.1 Å². The third-order valence-corrected chi connectivity index (χ3v) is 5.47. The van der Waals surface area contributed by atoms with Crippen LogP contribution in [-0.2, 0) is 4.79 Å². The summed E-state index contributed by atoms with van der Waals surface area (Å²) in [5, 5.41) is 19.7. The van der Waals surface area contributed by atoms with Gasteiger partial charge in [0.2, 0.25) is 12.0 Å². The van der Waals surface area contributed by atoms with Crippen LogP contribution in [0.25, 0.3) is 21.7 Å². The number of nitrogens with zero attached hydrogens (tertiary/aromatic N) is 1. The molecule has 0 fully saturated rings. The van der Waals surface area contributed by atoms with Gasteiger partial charge in [0.25, 0.3) is 0 Å². The van der Waals surface area contributed by atoms with E-state index in [1.54, 1.807) is 24.3 Å². The average Bonchev–Trinajstić information content (AvgIpc) is 3.33. The van der Waals surface area contributed by atoms with E-state index in [0.717, 1.165) is 22.2 Å². The highest BCUT2D eigenvalue weighted by atomic mass is 32.1. The third kappa shape index (κ3) is 3.99. The van der Waals surface area contributed by atoms with Crippen LogP contribution in [0.3, 0.4) is 0 Å². The summed E-state index contributed by atoms with van der Waals surface area (Å²) < 4.78 is 5.93. The minimum absolute atomic E-state index is 0.117. The largest absolute Gasteiger partial charge is 0.478 e. The number of aromatic nitrogens is 1. The molecule has 6 heteroatoms. The zero-order valence-corrected chi connectivity index (χ0v) is 16.7. The smallest absolute Gasteiger partial charge is 0.349 e. The highest BCUT2D eigenvalue weighted by molar-refractivity contribution is 7.13. The van der Waals surface area contributed by atoms with Gasteiger partial charge in [0.05, 0.1) is 16.1 Å². The fourth-order valence-corrected chi connectivity index (χ4v) is 3.85. The lowest BCUT2D eigenvalue weighted by atomic mass is 10.00. The van der Waals surface area contributed by atoms with Gasteiger partial charge in [-0.05, 0) is 28.6 Å². The predicted molar refractivity (Wildman–Crippen MR) is 118 cm³/mol. The van der Waals surface area contributed by atoms with Gasteiger partial charge in [-0.15, -0.1) is 11.3 Å². The molecule has 0 aliphatic heterocycles. The first-order valence-corrected chi connectivity index (χ1v) is 10.1. The number of hydrogen-bond acceptors (Lipinski definition) is 5. The molecule has 30 heavy (non-hydrogen) atoms. The van der Waals surface area contributed by atoms with Crippen LogP contribution in [0, 0.1) is 5.41 Å². The van der Waals surface area contributed by atoms with Crippen molar-refractivity contribution in [3.8, 4) is 27.6 Å². The first-order valence-electron chi connectivity index (χ1n) is 9.26. The number of pyridine rings is 1. The van der Waals surface area contributed by atoms with E-state index in [9.17, 15) is 9.90 Å². The van der Waals surface area contributed by atoms with E-state index in [1.807, 2.05) is 60.0 Å². The zero-order chi connectivity index (χ0) is 20.9. The third-order valence-electron chi connectivity index (χ3n) is 4.58. The Labute approximate surface area is 177 Å². The van der Waals surface area contributed by atoms with Crippen molar-refractivity contribution in [3.05, 3.63) is 95.4 Å². The number of hydrogen-bond donors (Lipinski definition) is 2. The second-order valence-corrected chi connectivity index (χ2v) is 7.46. The Balaban J connectivity index is 1.88. The standard InChI is InChI=1S/C24H18N2O3S/c25-15-19-18(16-8-3-1-4-9-16)14-20(21-12-7-13-30-21)26-23(19)29-22(24(27)28)17-10-5-2-6-11-17/h1-15,22,25H,(H,27,28). The van der Waals surface area contributed by atoms with Crippen molar-refractivity contribution in [2.45, 2.75) is 6.10 Å². The molecule has 0 saturated carbocycles. The lowest BCUT2D eigenvalue weighted by molar-refractivity contribution is -0.145. The Morgan fingerprint density at radius 2 is 1.73 bits per heavy atom. The van der Waals surface area contributed by atoms with Crippen LogP contribution in [0.1, 0.15) is 17.2 Å². The van der Waals surface area contributed by atoms with Crippen LogP contribution >= 0.6 is 11.3 Å². The van der Waals surface area contributed by atoms with Crippen molar-refractivity contribution in [2.24, 2.45) is 0 Å². The fraction of sp³-hybridized carbons (Fsp3) is 0.0417. The average molecular weight is 414 g/mol. The van der Waals surface area contributed by atoms with Crippen molar-refractivity contribution in [1.82, 2.24) is 4.98 Å². The van der Waals surface area contributed by atoms with Crippen LogP contribution < -0.4 is 4.74 Å². The number of ether oxygens (including phenoxy) is 1. The van der Waals surface area contributed by atoms with Crippen molar-refractivity contribution in [1.29, 1.82) is 5.41 Å². The molecule has 0 aliphatic carbocycles. The summed E-state index contributed by atoms with van der Waals surface area (Å²) >= 11 is 1.53. The zero-order valence-electron chi connectivity index (χ0n) is 15.9. The topological polar surface area (TPSA) is 83.3 Å². The molecule has 4 aromatic rings. The van der Waals surface area contributed by atoms with Gasteiger partial charge in [0.1, 0.15) is 0 Å². The van der Waals surface area contributed by atoms with Gasteiger partial charge in [0.15, 0.2) is 0 Å². The molecule has 4 rings (SSSR count). The monoisotopic (exact) mass is 414 g/mol. The molecule has 2 heterocycles. The van der Waals surface area contributed by atoms with Crippen LogP contribution in [-0.4, -0.2) is 22.3 Å². The fourth-order valence-electron chi connectivity index (χ4n) is 3.17. The minimum Gasteiger partial charge on any atom is -0.478 e. The summed E-state index contributed by atoms with van der Waals surface area (Å²) in [6.07, 6.45) is -0.0770. The molecule has 0 aliphatic rings. The number of carboxylic acid groups (broad SMARTS) is 1. The molecule has 2 aromatic heterocycles. The van der Waals surface area contributed by atoms with Gasteiger partial charge < -0.3 is 15.3 Å². The SMILES string of the molecule is N=Cc1c(-c2ccccc2)cc(-c2cccs2)nc1OC(C(=O)O)c1ccccc1. The Morgan fingerprint density at radius 1 is 1.03 bits per heavy atom. The maximum absolute atomic E-state index is 12.0. The van der Waals surface area contributed by atoms with Gasteiger partial charge >= 0.3 is 5.97 Å². The highest BCUT2D eigenvalue weighted by Gasteiger charge is 2.25. The molecule has 0 amide bonds. The summed E-state index contributed by atoms with van der Waals surface area (Å²) in [7, 11) is 0. The quantitative estimate of drug-likeness (QED) is 0.381. The Bertz CT molecular complexity index is 1160.